The summed E-state index contributed by atoms with van der Waals surface area (Å²) in [7, 11) is 0. The first-order valence-electron chi connectivity index (χ1n) is 9.27. The number of hydroxylamine groups is 2. The van der Waals surface area contributed by atoms with E-state index in [0.29, 0.717) is 6.41 Å². The molecule has 1 saturated carbocycles. The third-order valence-electron chi connectivity index (χ3n) is 4.59. The third kappa shape index (κ3) is 5.18. The number of rotatable bonds is 9. The second-order valence-corrected chi connectivity index (χ2v) is 9.06. The molecule has 12 heteroatoms. The summed E-state index contributed by atoms with van der Waals surface area (Å²) in [6, 6.07) is 2.68. The Hall–Kier alpha value is -1.76. The SMILES string of the molecule is CCOC1=C(C(=O)c2ccc(Br)c(OCC(F)(F)F)c2[S+](C)[O-])C(C2CC2)ON1C=O. The van der Waals surface area contributed by atoms with Crippen molar-refractivity contribution in [3.63, 3.8) is 0 Å². The van der Waals surface area contributed by atoms with Gasteiger partial charge in [0.05, 0.1) is 22.2 Å². The molecule has 2 unspecified atom stereocenters. The Morgan fingerprint density at radius 1 is 1.39 bits per heavy atom. The van der Waals surface area contributed by atoms with E-state index in [0.717, 1.165) is 17.9 Å². The number of nitrogens with zero attached hydrogens (tertiary/aromatic N) is 1. The molecule has 1 aliphatic carbocycles. The molecule has 0 bridgehead atoms. The number of hydrogen-bond donors (Lipinski definition) is 0. The van der Waals surface area contributed by atoms with E-state index < -0.39 is 35.8 Å². The van der Waals surface area contributed by atoms with Crippen LogP contribution in [0.2, 0.25) is 0 Å². The highest BCUT2D eigenvalue weighted by Gasteiger charge is 2.48. The molecule has 7 nitrogen and oxygen atoms in total. The van der Waals surface area contributed by atoms with Crippen LogP contribution in [0.1, 0.15) is 30.1 Å². The standard InChI is InChI=1S/C19H19BrF3NO6S/c1-3-28-18-13(15(10-4-5-10)30-24(18)9-25)14(26)11-6-7-12(20)16(17(11)31(2)27)29-8-19(21,22)23/h6-7,9-10,15H,3-5,8H2,1-2H3. The molecule has 31 heavy (non-hydrogen) atoms. The minimum absolute atomic E-state index is 0.00803. The number of Topliss-reactive ketones (excluding diaryl/α,β-unsaturated/α-hetero) is 1. The molecule has 1 aromatic rings. The van der Waals surface area contributed by atoms with Gasteiger partial charge in [0, 0.05) is 0 Å². The van der Waals surface area contributed by atoms with E-state index in [1.807, 2.05) is 0 Å². The lowest BCUT2D eigenvalue weighted by Crippen LogP contribution is -2.24. The second kappa shape index (κ2) is 9.39. The summed E-state index contributed by atoms with van der Waals surface area (Å²) in [4.78, 5) is 30.4. The van der Waals surface area contributed by atoms with Gasteiger partial charge in [0.1, 0.15) is 12.4 Å². The Balaban J connectivity index is 2.10. The van der Waals surface area contributed by atoms with Gasteiger partial charge in [0.2, 0.25) is 23.0 Å². The molecule has 1 amide bonds. The zero-order valence-electron chi connectivity index (χ0n) is 16.5. The van der Waals surface area contributed by atoms with Gasteiger partial charge in [-0.05, 0) is 64.9 Å². The molecule has 0 saturated heterocycles. The summed E-state index contributed by atoms with van der Waals surface area (Å²) >= 11 is 1.22. The summed E-state index contributed by atoms with van der Waals surface area (Å²) in [5.74, 6) is -1.07. The molecule has 2 aliphatic rings. The van der Waals surface area contributed by atoms with Gasteiger partial charge in [-0.3, -0.25) is 14.4 Å². The Bertz CT molecular complexity index is 903. The lowest BCUT2D eigenvalue weighted by Gasteiger charge is -2.18. The van der Waals surface area contributed by atoms with Crippen LogP contribution in [0, 0.1) is 5.92 Å². The van der Waals surface area contributed by atoms with E-state index in [1.165, 1.54) is 18.4 Å². The first kappa shape index (κ1) is 23.9. The van der Waals surface area contributed by atoms with Crippen molar-refractivity contribution in [1.29, 1.82) is 0 Å². The van der Waals surface area contributed by atoms with Gasteiger partial charge in [-0.25, -0.2) is 0 Å². The van der Waals surface area contributed by atoms with Crippen molar-refractivity contribution >= 4 is 39.3 Å². The number of ketones is 1. The lowest BCUT2D eigenvalue weighted by molar-refractivity contribution is -0.176. The summed E-state index contributed by atoms with van der Waals surface area (Å²) in [6.07, 6.45) is -2.21. The minimum Gasteiger partial charge on any atom is -0.612 e. The highest BCUT2D eigenvalue weighted by Crippen LogP contribution is 2.45. The fourth-order valence-corrected chi connectivity index (χ4v) is 4.67. The van der Waals surface area contributed by atoms with Crippen LogP contribution in [0.5, 0.6) is 5.75 Å². The highest BCUT2D eigenvalue weighted by molar-refractivity contribution is 9.10. The molecule has 3 rings (SSSR count). The molecule has 1 fully saturated rings. The Labute approximate surface area is 187 Å². The summed E-state index contributed by atoms with van der Waals surface area (Å²) < 4.78 is 61.1. The maximum atomic E-state index is 13.5. The molecular formula is C19H19BrF3NO6S. The van der Waals surface area contributed by atoms with E-state index in [1.54, 1.807) is 6.92 Å². The molecule has 0 radical (unpaired) electrons. The zero-order valence-corrected chi connectivity index (χ0v) is 18.9. The molecule has 2 atom stereocenters. The molecule has 1 aliphatic heterocycles. The van der Waals surface area contributed by atoms with Crippen molar-refractivity contribution in [2.24, 2.45) is 5.92 Å². The first-order chi connectivity index (χ1) is 14.6. The average molecular weight is 526 g/mol. The van der Waals surface area contributed by atoms with E-state index in [4.69, 9.17) is 14.3 Å². The van der Waals surface area contributed by atoms with Crippen molar-refractivity contribution in [2.45, 2.75) is 36.9 Å². The van der Waals surface area contributed by atoms with Crippen LogP contribution >= 0.6 is 15.9 Å². The fourth-order valence-electron chi connectivity index (χ4n) is 3.20. The van der Waals surface area contributed by atoms with Crippen LogP contribution in [-0.4, -0.2) is 53.6 Å². The van der Waals surface area contributed by atoms with Gasteiger partial charge in [-0.1, -0.05) is 0 Å². The van der Waals surface area contributed by atoms with Crippen molar-refractivity contribution in [3.8, 4) is 5.75 Å². The van der Waals surface area contributed by atoms with E-state index >= 15 is 0 Å². The van der Waals surface area contributed by atoms with Gasteiger partial charge in [0.25, 0.3) is 0 Å². The number of ether oxygens (including phenoxy) is 2. The second-order valence-electron chi connectivity index (χ2n) is 6.89. The van der Waals surface area contributed by atoms with Crippen LogP contribution < -0.4 is 4.74 Å². The average Bonchev–Trinajstić information content (AvgIpc) is 3.47. The van der Waals surface area contributed by atoms with Crippen molar-refractivity contribution < 1.29 is 41.6 Å². The smallest absolute Gasteiger partial charge is 0.422 e. The monoisotopic (exact) mass is 525 g/mol. The van der Waals surface area contributed by atoms with Crippen LogP contribution in [0.3, 0.4) is 0 Å². The van der Waals surface area contributed by atoms with Crippen molar-refractivity contribution in [1.82, 2.24) is 5.06 Å². The van der Waals surface area contributed by atoms with Gasteiger partial charge < -0.3 is 14.0 Å². The third-order valence-corrected chi connectivity index (χ3v) is 6.19. The molecule has 0 spiro atoms. The molecular weight excluding hydrogens is 507 g/mol. The minimum atomic E-state index is -4.63. The van der Waals surface area contributed by atoms with E-state index in [9.17, 15) is 27.3 Å². The topological polar surface area (TPSA) is 88.1 Å². The lowest BCUT2D eigenvalue weighted by atomic mass is 9.96. The molecule has 170 valence electrons. The summed E-state index contributed by atoms with van der Waals surface area (Å²) in [5.41, 5.74) is -0.0531. The van der Waals surface area contributed by atoms with Crippen LogP contribution in [0.25, 0.3) is 0 Å². The number of halogens is 4. The quantitative estimate of drug-likeness (QED) is 0.277. The van der Waals surface area contributed by atoms with Crippen LogP contribution in [0.15, 0.2) is 33.0 Å². The number of carbonyl (C=O) groups excluding carboxylic acids is 2. The zero-order chi connectivity index (χ0) is 22.9. The van der Waals surface area contributed by atoms with E-state index in [-0.39, 0.29) is 44.7 Å². The van der Waals surface area contributed by atoms with Crippen molar-refractivity contribution in [2.75, 3.05) is 19.5 Å². The predicted molar refractivity (Wildman–Crippen MR) is 107 cm³/mol. The maximum Gasteiger partial charge on any atom is 0.422 e. The molecule has 1 heterocycles. The maximum absolute atomic E-state index is 13.5. The fraction of sp³-hybridized carbons (Fsp3) is 0.474. The first-order valence-corrected chi connectivity index (χ1v) is 11.6. The van der Waals surface area contributed by atoms with Gasteiger partial charge in [-0.15, -0.1) is 0 Å². The number of carbonyl (C=O) groups is 2. The number of amides is 1. The molecule has 0 aromatic heterocycles. The van der Waals surface area contributed by atoms with Gasteiger partial charge >= 0.3 is 6.18 Å². The van der Waals surface area contributed by atoms with Crippen molar-refractivity contribution in [3.05, 3.63) is 33.6 Å². The largest absolute Gasteiger partial charge is 0.612 e. The number of hydrogen-bond acceptors (Lipinski definition) is 6. The Morgan fingerprint density at radius 2 is 2.06 bits per heavy atom. The Kier molecular flexibility index (Phi) is 7.24. The number of benzene rings is 1. The number of alkyl halides is 3. The van der Waals surface area contributed by atoms with Gasteiger partial charge in [0.15, 0.2) is 12.4 Å². The highest BCUT2D eigenvalue weighted by atomic mass is 79.9. The van der Waals surface area contributed by atoms with Crippen LogP contribution in [0.4, 0.5) is 13.2 Å². The summed E-state index contributed by atoms with van der Waals surface area (Å²) in [5, 5.41) is 0.836. The molecule has 1 aromatic carbocycles. The Morgan fingerprint density at radius 3 is 2.58 bits per heavy atom. The van der Waals surface area contributed by atoms with E-state index in [2.05, 4.69) is 15.9 Å². The summed E-state index contributed by atoms with van der Waals surface area (Å²) in [6.45, 7) is 0.189. The van der Waals surface area contributed by atoms with Crippen LogP contribution in [-0.2, 0) is 25.5 Å². The van der Waals surface area contributed by atoms with Gasteiger partial charge in [-0.2, -0.15) is 18.2 Å². The predicted octanol–water partition coefficient (Wildman–Crippen LogP) is 3.74. The normalized spacial score (nSPS) is 20.1. The molecule has 0 N–H and O–H groups in total.